The van der Waals surface area contributed by atoms with Crippen molar-refractivity contribution < 1.29 is 9.53 Å². The summed E-state index contributed by atoms with van der Waals surface area (Å²) in [5.74, 6) is 0.543. The summed E-state index contributed by atoms with van der Waals surface area (Å²) in [4.78, 5) is 18.5. The zero-order valence-electron chi connectivity index (χ0n) is 10.6. The van der Waals surface area contributed by atoms with Gasteiger partial charge in [0.15, 0.2) is 5.54 Å². The van der Waals surface area contributed by atoms with Crippen molar-refractivity contribution in [2.45, 2.75) is 12.5 Å². The molecule has 0 spiro atoms. The first-order chi connectivity index (χ1) is 8.47. The minimum absolute atomic E-state index is 0.0265. The Hall–Kier alpha value is -1.36. The van der Waals surface area contributed by atoms with Crippen molar-refractivity contribution in [1.82, 2.24) is 4.90 Å². The number of aliphatic imine (C=N–C) groups is 1. The normalized spacial score (nSPS) is 23.9. The van der Waals surface area contributed by atoms with Gasteiger partial charge in [0.05, 0.1) is 13.7 Å². The van der Waals surface area contributed by atoms with Gasteiger partial charge in [-0.05, 0) is 24.6 Å². The van der Waals surface area contributed by atoms with Crippen LogP contribution >= 0.6 is 15.9 Å². The maximum Gasteiger partial charge on any atom is 0.255 e. The van der Waals surface area contributed by atoms with Gasteiger partial charge in [0.2, 0.25) is 5.90 Å². The summed E-state index contributed by atoms with van der Waals surface area (Å²) < 4.78 is 6.13. The van der Waals surface area contributed by atoms with Crippen molar-refractivity contribution in [2.75, 3.05) is 20.7 Å². The molecule has 0 aromatic heterocycles. The van der Waals surface area contributed by atoms with Crippen LogP contribution in [-0.4, -0.2) is 37.4 Å². The van der Waals surface area contributed by atoms with E-state index in [1.54, 1.807) is 19.1 Å². The number of hydrogen-bond acceptors (Lipinski definition) is 3. The van der Waals surface area contributed by atoms with E-state index in [0.717, 1.165) is 10.0 Å². The number of nitrogens with zero attached hydrogens (tertiary/aromatic N) is 2. The Balaban J connectivity index is 2.53. The summed E-state index contributed by atoms with van der Waals surface area (Å²) in [5, 5.41) is 0. The van der Waals surface area contributed by atoms with E-state index in [1.165, 1.54) is 0 Å². The van der Waals surface area contributed by atoms with Gasteiger partial charge in [0.1, 0.15) is 0 Å². The van der Waals surface area contributed by atoms with Crippen molar-refractivity contribution in [2.24, 2.45) is 4.99 Å². The third-order valence-electron chi connectivity index (χ3n) is 3.11. The molecule has 1 aromatic carbocycles. The maximum absolute atomic E-state index is 12.4. The van der Waals surface area contributed by atoms with Crippen molar-refractivity contribution in [1.29, 1.82) is 0 Å². The van der Waals surface area contributed by atoms with Crippen LogP contribution < -0.4 is 0 Å². The fourth-order valence-corrected chi connectivity index (χ4v) is 2.47. The minimum Gasteiger partial charge on any atom is -0.483 e. The molecular weight excluding hydrogens is 296 g/mol. The lowest BCUT2D eigenvalue weighted by atomic mass is 9.90. The number of likely N-dealkylation sites (N-methyl/N-ethyl adjacent to an activating group) is 1. The lowest BCUT2D eigenvalue weighted by Gasteiger charge is -2.34. The van der Waals surface area contributed by atoms with Gasteiger partial charge in [-0.25, -0.2) is 4.99 Å². The van der Waals surface area contributed by atoms with Crippen molar-refractivity contribution in [3.05, 3.63) is 34.3 Å². The lowest BCUT2D eigenvalue weighted by Crippen LogP contribution is -2.49. The van der Waals surface area contributed by atoms with E-state index in [9.17, 15) is 4.79 Å². The molecule has 2 rings (SSSR count). The zero-order chi connectivity index (χ0) is 13.3. The molecule has 1 aliphatic heterocycles. The molecule has 1 atom stereocenters. The number of methoxy groups -OCH3 is 1. The van der Waals surface area contributed by atoms with Gasteiger partial charge in [-0.15, -0.1) is 0 Å². The first-order valence-corrected chi connectivity index (χ1v) is 6.41. The third-order valence-corrected chi connectivity index (χ3v) is 3.60. The number of carbonyl (C=O) groups is 1. The minimum atomic E-state index is -0.915. The highest BCUT2D eigenvalue weighted by Gasteiger charge is 2.41. The second kappa shape index (κ2) is 4.72. The number of rotatable bonds is 1. The number of carbonyl (C=O) groups excluding carboxylic acids is 1. The van der Waals surface area contributed by atoms with Gasteiger partial charge in [0.25, 0.3) is 5.91 Å². The first kappa shape index (κ1) is 13.1. The monoisotopic (exact) mass is 310 g/mol. The number of hydrogen-bond donors (Lipinski definition) is 0. The fourth-order valence-electron chi connectivity index (χ4n) is 2.07. The predicted molar refractivity (Wildman–Crippen MR) is 73.6 cm³/mol. The molecule has 0 radical (unpaired) electrons. The van der Waals surface area contributed by atoms with E-state index in [-0.39, 0.29) is 5.91 Å². The van der Waals surface area contributed by atoms with Crippen LogP contribution in [0.3, 0.4) is 0 Å². The summed E-state index contributed by atoms with van der Waals surface area (Å²) in [6, 6.07) is 7.63. The fraction of sp³-hybridized carbons (Fsp3) is 0.385. The lowest BCUT2D eigenvalue weighted by molar-refractivity contribution is -0.135. The van der Waals surface area contributed by atoms with Crippen LogP contribution in [0, 0.1) is 0 Å². The molecule has 1 unspecified atom stereocenters. The molecule has 0 N–H and O–H groups in total. The number of ether oxygens (including phenoxy) is 1. The SMILES string of the molecule is COC1=NC(C)(c2cccc(Br)c2)C(=O)N(C)C1. The highest BCUT2D eigenvalue weighted by atomic mass is 79.9. The van der Waals surface area contributed by atoms with Gasteiger partial charge >= 0.3 is 0 Å². The molecule has 0 saturated heterocycles. The molecule has 1 aliphatic rings. The van der Waals surface area contributed by atoms with Gasteiger partial charge in [-0.2, -0.15) is 0 Å². The molecule has 5 heteroatoms. The Labute approximate surface area is 115 Å². The average molecular weight is 311 g/mol. The van der Waals surface area contributed by atoms with Gasteiger partial charge in [-0.3, -0.25) is 4.79 Å². The molecule has 1 aromatic rings. The van der Waals surface area contributed by atoms with Gasteiger partial charge in [0, 0.05) is 11.5 Å². The summed E-state index contributed by atoms with van der Waals surface area (Å²) in [7, 11) is 3.33. The highest BCUT2D eigenvalue weighted by molar-refractivity contribution is 9.10. The first-order valence-electron chi connectivity index (χ1n) is 5.61. The van der Waals surface area contributed by atoms with Crippen LogP contribution in [0.1, 0.15) is 12.5 Å². The third kappa shape index (κ3) is 2.14. The molecule has 0 fully saturated rings. The van der Waals surface area contributed by atoms with Gasteiger partial charge in [-0.1, -0.05) is 28.1 Å². The molecule has 1 heterocycles. The molecule has 1 amide bonds. The van der Waals surface area contributed by atoms with Crippen molar-refractivity contribution in [3.8, 4) is 0 Å². The second-order valence-corrected chi connectivity index (χ2v) is 5.37. The van der Waals surface area contributed by atoms with E-state index in [4.69, 9.17) is 4.74 Å². The van der Waals surface area contributed by atoms with Crippen LogP contribution in [0.2, 0.25) is 0 Å². The highest BCUT2D eigenvalue weighted by Crippen LogP contribution is 2.32. The zero-order valence-corrected chi connectivity index (χ0v) is 12.2. The molecule has 4 nitrogen and oxygen atoms in total. The Morgan fingerprint density at radius 1 is 1.50 bits per heavy atom. The van der Waals surface area contributed by atoms with E-state index < -0.39 is 5.54 Å². The predicted octanol–water partition coefficient (Wildman–Crippen LogP) is 2.18. The van der Waals surface area contributed by atoms with E-state index in [1.807, 2.05) is 31.2 Å². The summed E-state index contributed by atoms with van der Waals surface area (Å²) >= 11 is 3.42. The molecule has 18 heavy (non-hydrogen) atoms. The topological polar surface area (TPSA) is 41.9 Å². The van der Waals surface area contributed by atoms with Crippen molar-refractivity contribution >= 4 is 27.7 Å². The Bertz CT molecular complexity index is 515. The Kier molecular flexibility index (Phi) is 3.43. The van der Waals surface area contributed by atoms with Gasteiger partial charge < -0.3 is 9.64 Å². The quantitative estimate of drug-likeness (QED) is 0.798. The van der Waals surface area contributed by atoms with E-state index in [2.05, 4.69) is 20.9 Å². The smallest absolute Gasteiger partial charge is 0.255 e. The van der Waals surface area contributed by atoms with Crippen LogP contribution in [0.4, 0.5) is 0 Å². The number of amides is 1. The van der Waals surface area contributed by atoms with Crippen molar-refractivity contribution in [3.63, 3.8) is 0 Å². The number of benzene rings is 1. The Morgan fingerprint density at radius 2 is 2.22 bits per heavy atom. The standard InChI is InChI=1S/C13H15BrN2O2/c1-13(9-5-4-6-10(14)7-9)12(17)16(2)8-11(15-13)18-3/h4-7H,8H2,1-3H3. The van der Waals surface area contributed by atoms with Crippen LogP contribution in [0.15, 0.2) is 33.7 Å². The maximum atomic E-state index is 12.4. The summed E-state index contributed by atoms with van der Waals surface area (Å²) in [6.45, 7) is 2.23. The van der Waals surface area contributed by atoms with E-state index >= 15 is 0 Å². The molecule has 96 valence electrons. The second-order valence-electron chi connectivity index (χ2n) is 4.45. The molecule has 0 saturated carbocycles. The molecule has 0 aliphatic carbocycles. The van der Waals surface area contributed by atoms with Crippen LogP contribution in [0.5, 0.6) is 0 Å². The molecule has 0 bridgehead atoms. The number of halogens is 1. The largest absolute Gasteiger partial charge is 0.483 e. The van der Waals surface area contributed by atoms with Crippen LogP contribution in [-0.2, 0) is 15.1 Å². The Morgan fingerprint density at radius 3 is 2.83 bits per heavy atom. The van der Waals surface area contributed by atoms with Crippen LogP contribution in [0.25, 0.3) is 0 Å². The average Bonchev–Trinajstić information content (AvgIpc) is 2.35. The summed E-state index contributed by atoms with van der Waals surface area (Å²) in [6.07, 6.45) is 0. The molecular formula is C13H15BrN2O2. The van der Waals surface area contributed by atoms with E-state index in [0.29, 0.717) is 12.4 Å². The summed E-state index contributed by atoms with van der Waals surface area (Å²) in [5.41, 5.74) is -0.0646.